The molecule has 1 aromatic heterocycles. The van der Waals surface area contributed by atoms with E-state index in [0.29, 0.717) is 11.7 Å². The van der Waals surface area contributed by atoms with Gasteiger partial charge in [0.05, 0.1) is 6.61 Å². The van der Waals surface area contributed by atoms with Crippen molar-refractivity contribution in [3.05, 3.63) is 65.7 Å². The van der Waals surface area contributed by atoms with Crippen molar-refractivity contribution in [3.8, 4) is 10.6 Å². The normalized spacial score (nSPS) is 11.7. The predicted molar refractivity (Wildman–Crippen MR) is 112 cm³/mol. The summed E-state index contributed by atoms with van der Waals surface area (Å²) in [4.78, 5) is 24.3. The van der Waals surface area contributed by atoms with E-state index in [4.69, 9.17) is 4.74 Å². The van der Waals surface area contributed by atoms with Crippen LogP contribution in [0, 0.1) is 6.92 Å². The average Bonchev–Trinajstić information content (AvgIpc) is 3.17. The van der Waals surface area contributed by atoms with E-state index in [1.54, 1.807) is 6.92 Å². The molecule has 0 spiro atoms. The van der Waals surface area contributed by atoms with Gasteiger partial charge in [-0.05, 0) is 25.5 Å². The van der Waals surface area contributed by atoms with Gasteiger partial charge in [-0.25, -0.2) is 0 Å². The van der Waals surface area contributed by atoms with Crippen molar-refractivity contribution in [1.29, 1.82) is 0 Å². The van der Waals surface area contributed by atoms with Crippen LogP contribution in [0.25, 0.3) is 10.6 Å². The summed E-state index contributed by atoms with van der Waals surface area (Å²) >= 11 is 1.28. The summed E-state index contributed by atoms with van der Waals surface area (Å²) in [7, 11) is 0. The van der Waals surface area contributed by atoms with Crippen LogP contribution in [0.1, 0.15) is 18.1 Å². The van der Waals surface area contributed by atoms with Gasteiger partial charge < -0.3 is 10.1 Å². The molecule has 2 N–H and O–H groups in total. The number of hydrogen-bond donors (Lipinski definition) is 2. The van der Waals surface area contributed by atoms with Crippen LogP contribution in [0.3, 0.4) is 0 Å². The molecule has 1 atom stereocenters. The van der Waals surface area contributed by atoms with E-state index in [1.807, 2.05) is 61.5 Å². The molecule has 1 heterocycles. The molecule has 0 aliphatic rings. The largest absolute Gasteiger partial charge is 0.367 e. The van der Waals surface area contributed by atoms with E-state index < -0.39 is 6.04 Å². The highest BCUT2D eigenvalue weighted by Crippen LogP contribution is 2.26. The van der Waals surface area contributed by atoms with Gasteiger partial charge in [0.1, 0.15) is 17.7 Å². The molecule has 0 bridgehead atoms. The van der Waals surface area contributed by atoms with E-state index in [0.717, 1.165) is 21.7 Å². The lowest BCUT2D eigenvalue weighted by molar-refractivity contribution is -0.129. The van der Waals surface area contributed by atoms with Crippen molar-refractivity contribution in [3.63, 3.8) is 0 Å². The Hall–Kier alpha value is -3.10. The lowest BCUT2D eigenvalue weighted by Gasteiger charge is -2.13. The van der Waals surface area contributed by atoms with Crippen molar-refractivity contribution in [2.75, 3.05) is 11.9 Å². The highest BCUT2D eigenvalue weighted by atomic mass is 32.1. The Labute approximate surface area is 173 Å². The minimum atomic E-state index is -0.728. The number of nitrogens with one attached hydrogen (secondary N) is 2. The van der Waals surface area contributed by atoms with Crippen LogP contribution in [0.15, 0.2) is 54.6 Å². The van der Waals surface area contributed by atoms with E-state index >= 15 is 0 Å². The predicted octanol–water partition coefficient (Wildman–Crippen LogP) is 3.17. The molecule has 3 aromatic rings. The molecule has 0 fully saturated rings. The molecule has 29 heavy (non-hydrogen) atoms. The molecule has 0 saturated carbocycles. The summed E-state index contributed by atoms with van der Waals surface area (Å²) in [5.74, 6) is -0.727. The molecule has 0 radical (unpaired) electrons. The average molecular weight is 410 g/mol. The van der Waals surface area contributed by atoms with E-state index in [9.17, 15) is 9.59 Å². The van der Waals surface area contributed by atoms with Crippen molar-refractivity contribution in [2.24, 2.45) is 0 Å². The summed E-state index contributed by atoms with van der Waals surface area (Å²) in [5, 5.41) is 14.5. The van der Waals surface area contributed by atoms with Crippen molar-refractivity contribution >= 4 is 28.3 Å². The summed E-state index contributed by atoms with van der Waals surface area (Å²) in [5.41, 5.74) is 3.04. The van der Waals surface area contributed by atoms with E-state index in [1.165, 1.54) is 11.3 Å². The highest BCUT2D eigenvalue weighted by molar-refractivity contribution is 7.18. The zero-order valence-electron chi connectivity index (χ0n) is 16.2. The van der Waals surface area contributed by atoms with Gasteiger partial charge in [-0.1, -0.05) is 65.4 Å². The number of anilines is 1. The fraction of sp³-hybridized carbons (Fsp3) is 0.238. The van der Waals surface area contributed by atoms with Gasteiger partial charge in [-0.2, -0.15) is 0 Å². The van der Waals surface area contributed by atoms with Gasteiger partial charge in [0.15, 0.2) is 0 Å². The van der Waals surface area contributed by atoms with Crippen molar-refractivity contribution in [2.45, 2.75) is 26.5 Å². The summed E-state index contributed by atoms with van der Waals surface area (Å²) in [6, 6.07) is 16.7. The second-order valence-electron chi connectivity index (χ2n) is 6.54. The van der Waals surface area contributed by atoms with Gasteiger partial charge in [0.2, 0.25) is 16.9 Å². The maximum Gasteiger partial charge on any atom is 0.248 e. The van der Waals surface area contributed by atoms with Gasteiger partial charge >= 0.3 is 0 Å². The number of carbonyl (C=O) groups is 2. The zero-order valence-corrected chi connectivity index (χ0v) is 17.0. The second-order valence-corrected chi connectivity index (χ2v) is 7.52. The number of rotatable bonds is 8. The molecule has 3 rings (SSSR count). The number of ether oxygens (including phenoxy) is 1. The molecule has 0 aliphatic carbocycles. The number of aromatic nitrogens is 2. The fourth-order valence-electron chi connectivity index (χ4n) is 2.57. The van der Waals surface area contributed by atoms with Crippen LogP contribution < -0.4 is 10.6 Å². The summed E-state index contributed by atoms with van der Waals surface area (Å²) < 4.78 is 5.38. The maximum absolute atomic E-state index is 12.3. The first-order valence-corrected chi connectivity index (χ1v) is 9.95. The number of carbonyl (C=O) groups excluding carboxylic acids is 2. The van der Waals surface area contributed by atoms with Crippen LogP contribution in [0.2, 0.25) is 0 Å². The Morgan fingerprint density at radius 1 is 1.10 bits per heavy atom. The Morgan fingerprint density at radius 2 is 1.90 bits per heavy atom. The Balaban J connectivity index is 1.46. The summed E-state index contributed by atoms with van der Waals surface area (Å²) in [6.07, 6.45) is 0. The first kappa shape index (κ1) is 20.6. The minimum Gasteiger partial charge on any atom is -0.367 e. The molecular weight excluding hydrogens is 388 g/mol. The Morgan fingerprint density at radius 3 is 2.66 bits per heavy atom. The minimum absolute atomic E-state index is 0.122. The Kier molecular flexibility index (Phi) is 7.04. The molecule has 0 aliphatic heterocycles. The molecule has 2 amide bonds. The quantitative estimate of drug-likeness (QED) is 0.595. The van der Waals surface area contributed by atoms with Gasteiger partial charge in [-0.15, -0.1) is 10.2 Å². The standard InChI is InChI=1S/C21H22N4O3S/c1-14-7-6-10-17(11-14)20-24-25-21(29-20)23-19(27)15(2)22-18(26)13-28-12-16-8-4-3-5-9-16/h3-11,15H,12-13H2,1-2H3,(H,22,26)(H,23,25,27). The number of hydrogen-bond acceptors (Lipinski definition) is 6. The summed E-state index contributed by atoms with van der Waals surface area (Å²) in [6.45, 7) is 3.82. The molecule has 2 aromatic carbocycles. The third kappa shape index (κ3) is 6.20. The number of benzene rings is 2. The molecule has 8 heteroatoms. The first-order valence-electron chi connectivity index (χ1n) is 9.13. The van der Waals surface area contributed by atoms with Gasteiger partial charge in [-0.3, -0.25) is 14.9 Å². The maximum atomic E-state index is 12.3. The monoisotopic (exact) mass is 410 g/mol. The van der Waals surface area contributed by atoms with Crippen LogP contribution in [-0.4, -0.2) is 34.7 Å². The first-order chi connectivity index (χ1) is 14.0. The topological polar surface area (TPSA) is 93.2 Å². The lowest BCUT2D eigenvalue weighted by Crippen LogP contribution is -2.43. The van der Waals surface area contributed by atoms with Crippen molar-refractivity contribution < 1.29 is 14.3 Å². The number of aryl methyl sites for hydroxylation is 1. The van der Waals surface area contributed by atoms with Crippen LogP contribution >= 0.6 is 11.3 Å². The smallest absolute Gasteiger partial charge is 0.248 e. The molecule has 7 nitrogen and oxygen atoms in total. The van der Waals surface area contributed by atoms with Gasteiger partial charge in [0.25, 0.3) is 0 Å². The third-order valence-corrected chi connectivity index (χ3v) is 4.92. The van der Waals surface area contributed by atoms with Crippen LogP contribution in [0.4, 0.5) is 5.13 Å². The third-order valence-electron chi connectivity index (χ3n) is 4.04. The number of nitrogens with zero attached hydrogens (tertiary/aromatic N) is 2. The molecule has 0 saturated heterocycles. The number of amides is 2. The van der Waals surface area contributed by atoms with E-state index in [2.05, 4.69) is 20.8 Å². The van der Waals surface area contributed by atoms with Crippen LogP contribution in [0.5, 0.6) is 0 Å². The van der Waals surface area contributed by atoms with Crippen molar-refractivity contribution in [1.82, 2.24) is 15.5 Å². The second kappa shape index (κ2) is 9.90. The lowest BCUT2D eigenvalue weighted by atomic mass is 10.1. The highest BCUT2D eigenvalue weighted by Gasteiger charge is 2.18. The molecular formula is C21H22N4O3S. The van der Waals surface area contributed by atoms with E-state index in [-0.39, 0.29) is 18.4 Å². The molecule has 150 valence electrons. The fourth-order valence-corrected chi connectivity index (χ4v) is 3.31. The van der Waals surface area contributed by atoms with Crippen LogP contribution in [-0.2, 0) is 20.9 Å². The zero-order chi connectivity index (χ0) is 20.6. The molecule has 1 unspecified atom stereocenters. The SMILES string of the molecule is Cc1cccc(-c2nnc(NC(=O)C(C)NC(=O)COCc3ccccc3)s2)c1. The van der Waals surface area contributed by atoms with Gasteiger partial charge in [0, 0.05) is 5.56 Å². The Bertz CT molecular complexity index is 975.